The van der Waals surface area contributed by atoms with E-state index in [0.29, 0.717) is 5.89 Å². The van der Waals surface area contributed by atoms with Crippen molar-refractivity contribution in [2.75, 3.05) is 0 Å². The highest BCUT2D eigenvalue weighted by Crippen LogP contribution is 2.14. The molecule has 0 fully saturated rings. The monoisotopic (exact) mass is 221 g/mol. The molecule has 0 aromatic carbocycles. The van der Waals surface area contributed by atoms with Gasteiger partial charge in [0.25, 0.3) is 0 Å². The van der Waals surface area contributed by atoms with Crippen molar-refractivity contribution in [1.82, 2.24) is 4.98 Å². The summed E-state index contributed by atoms with van der Waals surface area (Å²) in [5.74, 6) is 0.654. The highest BCUT2D eigenvalue weighted by Gasteiger charge is 2.01. The standard InChI is InChI=1S/C10H11NO.2C2H6/c1-4-6-9(5-2)10-7-12-8(3)11-10;2*1-2/h4-7H,1-2H2,3H3;2*1-2H3/b9-6+;;. The van der Waals surface area contributed by atoms with Gasteiger partial charge in [0.1, 0.15) is 12.0 Å². The Balaban J connectivity index is 0. The molecule has 1 aromatic rings. The number of nitrogens with zero attached hydrogens (tertiary/aromatic N) is 1. The number of hydrogen-bond donors (Lipinski definition) is 0. The SMILES string of the molecule is C=C/C=C(\C=C)c1coc(C)n1.CC.CC. The van der Waals surface area contributed by atoms with Crippen LogP contribution in [-0.2, 0) is 0 Å². The maximum Gasteiger partial charge on any atom is 0.191 e. The van der Waals surface area contributed by atoms with Gasteiger partial charge in [0.2, 0.25) is 0 Å². The van der Waals surface area contributed by atoms with Crippen LogP contribution in [-0.4, -0.2) is 4.98 Å². The molecule has 0 saturated carbocycles. The van der Waals surface area contributed by atoms with E-state index in [0.717, 1.165) is 11.3 Å². The highest BCUT2D eigenvalue weighted by atomic mass is 16.3. The van der Waals surface area contributed by atoms with Crippen molar-refractivity contribution in [2.24, 2.45) is 0 Å². The second-order valence-electron chi connectivity index (χ2n) is 2.31. The molecule has 0 spiro atoms. The first kappa shape index (κ1) is 16.8. The van der Waals surface area contributed by atoms with Crippen LogP contribution in [0.3, 0.4) is 0 Å². The number of hydrogen-bond acceptors (Lipinski definition) is 2. The molecule has 1 rings (SSSR count). The van der Waals surface area contributed by atoms with Gasteiger partial charge in [0, 0.05) is 12.5 Å². The van der Waals surface area contributed by atoms with Crippen molar-refractivity contribution in [3.8, 4) is 0 Å². The predicted molar refractivity (Wildman–Crippen MR) is 72.3 cm³/mol. The van der Waals surface area contributed by atoms with E-state index in [1.807, 2.05) is 33.8 Å². The fourth-order valence-electron chi connectivity index (χ4n) is 0.881. The minimum Gasteiger partial charge on any atom is -0.449 e. The normalized spacial score (nSPS) is 9.19. The Labute approximate surface area is 99.4 Å². The number of rotatable bonds is 3. The summed E-state index contributed by atoms with van der Waals surface area (Å²) in [6.45, 7) is 17.1. The number of allylic oxidation sites excluding steroid dienone is 4. The van der Waals surface area contributed by atoms with Crippen LogP contribution in [0.1, 0.15) is 39.3 Å². The van der Waals surface area contributed by atoms with Gasteiger partial charge in [-0.1, -0.05) is 59.1 Å². The molecular weight excluding hydrogens is 198 g/mol. The van der Waals surface area contributed by atoms with E-state index in [-0.39, 0.29) is 0 Å². The molecule has 0 saturated heterocycles. The van der Waals surface area contributed by atoms with Crippen LogP contribution >= 0.6 is 0 Å². The third kappa shape index (κ3) is 6.02. The number of aromatic nitrogens is 1. The quantitative estimate of drug-likeness (QED) is 0.686. The lowest BCUT2D eigenvalue weighted by Crippen LogP contribution is -1.79. The Kier molecular flexibility index (Phi) is 12.1. The van der Waals surface area contributed by atoms with Crippen LogP contribution in [0.5, 0.6) is 0 Å². The predicted octanol–water partition coefficient (Wildman–Crippen LogP) is 4.79. The zero-order chi connectivity index (χ0) is 13.0. The minimum absolute atomic E-state index is 0.654. The maximum atomic E-state index is 5.06. The van der Waals surface area contributed by atoms with Crippen molar-refractivity contribution in [3.05, 3.63) is 49.2 Å². The van der Waals surface area contributed by atoms with E-state index in [9.17, 15) is 0 Å². The Morgan fingerprint density at radius 2 is 1.81 bits per heavy atom. The average molecular weight is 221 g/mol. The molecule has 0 unspecified atom stereocenters. The van der Waals surface area contributed by atoms with Crippen LogP contribution in [0.4, 0.5) is 0 Å². The van der Waals surface area contributed by atoms with Gasteiger partial charge in [-0.2, -0.15) is 0 Å². The first-order valence-corrected chi connectivity index (χ1v) is 5.65. The summed E-state index contributed by atoms with van der Waals surface area (Å²) < 4.78 is 5.06. The second kappa shape index (κ2) is 11.5. The van der Waals surface area contributed by atoms with Gasteiger partial charge in [-0.15, -0.1) is 0 Å². The van der Waals surface area contributed by atoms with Gasteiger partial charge in [-0.25, -0.2) is 4.98 Å². The molecule has 0 aliphatic rings. The molecule has 1 heterocycles. The zero-order valence-electron chi connectivity index (χ0n) is 11.1. The van der Waals surface area contributed by atoms with Crippen molar-refractivity contribution in [1.29, 1.82) is 0 Å². The number of oxazole rings is 1. The number of aryl methyl sites for hydroxylation is 1. The lowest BCUT2D eigenvalue weighted by Gasteiger charge is -1.91. The molecule has 0 N–H and O–H groups in total. The van der Waals surface area contributed by atoms with E-state index in [1.54, 1.807) is 25.3 Å². The third-order valence-electron chi connectivity index (χ3n) is 1.43. The molecule has 0 bridgehead atoms. The zero-order valence-corrected chi connectivity index (χ0v) is 11.1. The third-order valence-corrected chi connectivity index (χ3v) is 1.43. The minimum atomic E-state index is 0.654. The molecule has 0 amide bonds. The van der Waals surface area contributed by atoms with Crippen molar-refractivity contribution in [2.45, 2.75) is 34.6 Å². The Morgan fingerprint density at radius 3 is 2.12 bits per heavy atom. The van der Waals surface area contributed by atoms with Crippen LogP contribution in [0, 0.1) is 6.92 Å². The molecule has 2 nitrogen and oxygen atoms in total. The molecule has 0 aliphatic heterocycles. The van der Waals surface area contributed by atoms with Crippen LogP contribution in [0.25, 0.3) is 5.57 Å². The van der Waals surface area contributed by atoms with E-state index in [1.165, 1.54) is 0 Å². The maximum absolute atomic E-state index is 5.06. The van der Waals surface area contributed by atoms with E-state index in [4.69, 9.17) is 4.42 Å². The molecular formula is C14H23NO. The van der Waals surface area contributed by atoms with Crippen molar-refractivity contribution < 1.29 is 4.42 Å². The van der Waals surface area contributed by atoms with Gasteiger partial charge < -0.3 is 4.42 Å². The second-order valence-corrected chi connectivity index (χ2v) is 2.31. The topological polar surface area (TPSA) is 26.0 Å². The summed E-state index contributed by atoms with van der Waals surface area (Å²) in [5, 5.41) is 0. The summed E-state index contributed by atoms with van der Waals surface area (Å²) in [7, 11) is 0. The lowest BCUT2D eigenvalue weighted by molar-refractivity contribution is 0.521. The first-order valence-electron chi connectivity index (χ1n) is 5.65. The Bertz CT molecular complexity index is 321. The van der Waals surface area contributed by atoms with Gasteiger partial charge in [-0.3, -0.25) is 0 Å². The molecule has 1 aromatic heterocycles. The molecule has 16 heavy (non-hydrogen) atoms. The molecule has 90 valence electrons. The van der Waals surface area contributed by atoms with Crippen molar-refractivity contribution >= 4 is 5.57 Å². The van der Waals surface area contributed by atoms with Gasteiger partial charge in [-0.05, 0) is 0 Å². The smallest absolute Gasteiger partial charge is 0.191 e. The van der Waals surface area contributed by atoms with E-state index < -0.39 is 0 Å². The van der Waals surface area contributed by atoms with Crippen LogP contribution in [0.15, 0.2) is 42.1 Å². The van der Waals surface area contributed by atoms with Crippen molar-refractivity contribution in [3.63, 3.8) is 0 Å². The van der Waals surface area contributed by atoms with Gasteiger partial charge in [0.15, 0.2) is 5.89 Å². The van der Waals surface area contributed by atoms with Gasteiger partial charge in [0.05, 0.1) is 0 Å². The highest BCUT2D eigenvalue weighted by molar-refractivity contribution is 5.71. The average Bonchev–Trinajstić information content (AvgIpc) is 2.78. The Hall–Kier alpha value is -1.57. The fourth-order valence-corrected chi connectivity index (χ4v) is 0.881. The summed E-state index contributed by atoms with van der Waals surface area (Å²) in [6.07, 6.45) is 6.86. The fraction of sp³-hybridized carbons (Fsp3) is 0.357. The van der Waals surface area contributed by atoms with E-state index >= 15 is 0 Å². The summed E-state index contributed by atoms with van der Waals surface area (Å²) in [6, 6.07) is 0. The summed E-state index contributed by atoms with van der Waals surface area (Å²) in [5.41, 5.74) is 1.71. The van der Waals surface area contributed by atoms with Crippen LogP contribution in [0.2, 0.25) is 0 Å². The summed E-state index contributed by atoms with van der Waals surface area (Å²) in [4.78, 5) is 4.15. The summed E-state index contributed by atoms with van der Waals surface area (Å²) >= 11 is 0. The molecule has 0 aliphatic carbocycles. The molecule has 0 radical (unpaired) electrons. The largest absolute Gasteiger partial charge is 0.449 e. The van der Waals surface area contributed by atoms with Crippen LogP contribution < -0.4 is 0 Å². The lowest BCUT2D eigenvalue weighted by atomic mass is 10.2. The first-order chi connectivity index (χ1) is 7.77. The van der Waals surface area contributed by atoms with Gasteiger partial charge >= 0.3 is 0 Å². The molecule has 2 heteroatoms. The Morgan fingerprint density at radius 1 is 1.25 bits per heavy atom. The van der Waals surface area contributed by atoms with E-state index in [2.05, 4.69) is 18.1 Å². The molecule has 0 atom stereocenters.